The highest BCUT2D eigenvalue weighted by atomic mass is 79.9. The molecule has 1 aliphatic rings. The molecule has 0 bridgehead atoms. The summed E-state index contributed by atoms with van der Waals surface area (Å²) in [6.07, 6.45) is 0.611. The van der Waals surface area contributed by atoms with Crippen molar-refractivity contribution in [3.8, 4) is 0 Å². The molecule has 84 valence electrons. The number of rotatable bonds is 2. The zero-order chi connectivity index (χ0) is 11.7. The van der Waals surface area contributed by atoms with E-state index in [0.717, 1.165) is 15.6 Å². The van der Waals surface area contributed by atoms with Gasteiger partial charge in [-0.05, 0) is 24.1 Å². The molecule has 0 aliphatic heterocycles. The number of carboxylic acids is 1. The van der Waals surface area contributed by atoms with E-state index >= 15 is 0 Å². The van der Waals surface area contributed by atoms with Gasteiger partial charge in [0.2, 0.25) is 0 Å². The lowest BCUT2D eigenvalue weighted by molar-refractivity contribution is -0.137. The van der Waals surface area contributed by atoms with Gasteiger partial charge in [-0.15, -0.1) is 0 Å². The molecule has 4 nitrogen and oxygen atoms in total. The third kappa shape index (κ3) is 1.95. The van der Waals surface area contributed by atoms with Crippen LogP contribution in [-0.2, 0) is 11.2 Å². The Morgan fingerprint density at radius 2 is 2.31 bits per heavy atom. The second kappa shape index (κ2) is 4.25. The zero-order valence-electron chi connectivity index (χ0n) is 8.35. The highest BCUT2D eigenvalue weighted by Gasteiger charge is 2.30. The van der Waals surface area contributed by atoms with E-state index in [2.05, 4.69) is 21.1 Å². The van der Waals surface area contributed by atoms with E-state index in [1.807, 2.05) is 18.2 Å². The molecule has 16 heavy (non-hydrogen) atoms. The highest BCUT2D eigenvalue weighted by molar-refractivity contribution is 9.10. The van der Waals surface area contributed by atoms with Crippen LogP contribution in [0.15, 0.2) is 27.8 Å². The van der Waals surface area contributed by atoms with E-state index in [-0.39, 0.29) is 12.3 Å². The fourth-order valence-electron chi connectivity index (χ4n) is 2.06. The molecule has 1 unspecified atom stereocenters. The average Bonchev–Trinajstić information content (AvgIpc) is 2.53. The Balaban J connectivity index is 2.37. The summed E-state index contributed by atoms with van der Waals surface area (Å²) >= 11 is 3.34. The van der Waals surface area contributed by atoms with E-state index in [4.69, 9.17) is 10.3 Å². The molecule has 2 N–H and O–H groups in total. The first-order valence-electron chi connectivity index (χ1n) is 4.84. The molecule has 5 heteroatoms. The second-order valence-corrected chi connectivity index (χ2v) is 4.70. The molecule has 0 fully saturated rings. The maximum atomic E-state index is 10.7. The minimum absolute atomic E-state index is 0.00824. The van der Waals surface area contributed by atoms with Gasteiger partial charge in [0.15, 0.2) is 0 Å². The maximum Gasteiger partial charge on any atom is 0.304 e. The molecule has 0 heterocycles. The second-order valence-electron chi connectivity index (χ2n) is 3.79. The molecule has 0 aromatic heterocycles. The van der Waals surface area contributed by atoms with Gasteiger partial charge in [-0.25, -0.2) is 0 Å². The van der Waals surface area contributed by atoms with Gasteiger partial charge in [0.25, 0.3) is 0 Å². The molecule has 0 saturated heterocycles. The quantitative estimate of drug-likeness (QED) is 0.646. The smallest absolute Gasteiger partial charge is 0.304 e. The molecule has 2 rings (SSSR count). The van der Waals surface area contributed by atoms with Crippen LogP contribution in [0.3, 0.4) is 0 Å². The summed E-state index contributed by atoms with van der Waals surface area (Å²) in [5.41, 5.74) is 2.34. The number of fused-ring (bicyclic) bond motifs is 1. The van der Waals surface area contributed by atoms with Crippen LogP contribution >= 0.6 is 15.9 Å². The highest BCUT2D eigenvalue weighted by Crippen LogP contribution is 2.31. The van der Waals surface area contributed by atoms with Crippen molar-refractivity contribution in [3.63, 3.8) is 0 Å². The van der Waals surface area contributed by atoms with Crippen molar-refractivity contribution in [3.05, 3.63) is 33.8 Å². The van der Waals surface area contributed by atoms with Gasteiger partial charge in [0, 0.05) is 16.0 Å². The SMILES string of the molecule is O=C(O)CC1Cc2ccc(Br)cc2/C1=N\O. The first-order valence-corrected chi connectivity index (χ1v) is 5.63. The van der Waals surface area contributed by atoms with Crippen LogP contribution in [0.2, 0.25) is 0 Å². The number of oxime groups is 1. The number of hydrogen-bond acceptors (Lipinski definition) is 3. The van der Waals surface area contributed by atoms with Crippen molar-refractivity contribution in [2.75, 3.05) is 0 Å². The summed E-state index contributed by atoms with van der Waals surface area (Å²) in [6, 6.07) is 5.68. The third-order valence-corrected chi connectivity index (χ3v) is 3.22. The Morgan fingerprint density at radius 1 is 1.56 bits per heavy atom. The molecular weight excluding hydrogens is 274 g/mol. The first kappa shape index (κ1) is 11.1. The Labute approximate surface area is 101 Å². The number of nitrogens with zero attached hydrogens (tertiary/aromatic N) is 1. The molecule has 0 amide bonds. The van der Waals surface area contributed by atoms with Crippen molar-refractivity contribution < 1.29 is 15.1 Å². The van der Waals surface area contributed by atoms with E-state index in [1.54, 1.807) is 0 Å². The number of halogens is 1. The molecule has 1 aromatic rings. The lowest BCUT2D eigenvalue weighted by atomic mass is 10.0. The standard InChI is InChI=1S/C11H10BrNO3/c12-8-2-1-6-3-7(4-10(14)15)11(13-16)9(6)5-8/h1-2,5,7,16H,3-4H2,(H,14,15)/b13-11-. The van der Waals surface area contributed by atoms with Crippen LogP contribution in [-0.4, -0.2) is 22.0 Å². The number of aliphatic carboxylic acids is 1. The van der Waals surface area contributed by atoms with Crippen molar-refractivity contribution in [1.82, 2.24) is 0 Å². The van der Waals surface area contributed by atoms with E-state index in [9.17, 15) is 4.79 Å². The lowest BCUT2D eigenvalue weighted by Crippen LogP contribution is -2.15. The van der Waals surface area contributed by atoms with Crippen LogP contribution in [0.1, 0.15) is 17.5 Å². The molecule has 0 spiro atoms. The van der Waals surface area contributed by atoms with Crippen molar-refractivity contribution in [2.45, 2.75) is 12.8 Å². The van der Waals surface area contributed by atoms with Crippen LogP contribution in [0.4, 0.5) is 0 Å². The monoisotopic (exact) mass is 283 g/mol. The topological polar surface area (TPSA) is 69.9 Å². The largest absolute Gasteiger partial charge is 0.481 e. The Morgan fingerprint density at radius 3 is 2.94 bits per heavy atom. The van der Waals surface area contributed by atoms with Crippen LogP contribution in [0.5, 0.6) is 0 Å². The minimum Gasteiger partial charge on any atom is -0.481 e. The van der Waals surface area contributed by atoms with Gasteiger partial charge >= 0.3 is 5.97 Å². The summed E-state index contributed by atoms with van der Waals surface area (Å²) in [7, 11) is 0. The summed E-state index contributed by atoms with van der Waals surface area (Å²) in [6.45, 7) is 0. The predicted molar refractivity (Wildman–Crippen MR) is 61.9 cm³/mol. The molecule has 0 radical (unpaired) electrons. The molecule has 0 saturated carbocycles. The fourth-order valence-corrected chi connectivity index (χ4v) is 2.42. The normalized spacial score (nSPS) is 21.1. The number of carboxylic acid groups (broad SMARTS) is 1. The Bertz CT molecular complexity index is 470. The van der Waals surface area contributed by atoms with Gasteiger partial charge in [-0.1, -0.05) is 27.2 Å². The van der Waals surface area contributed by atoms with Crippen LogP contribution in [0.25, 0.3) is 0 Å². The van der Waals surface area contributed by atoms with Crippen molar-refractivity contribution >= 4 is 27.6 Å². The van der Waals surface area contributed by atoms with Crippen LogP contribution < -0.4 is 0 Å². The summed E-state index contributed by atoms with van der Waals surface area (Å²) < 4.78 is 0.892. The van der Waals surface area contributed by atoms with Gasteiger partial charge in [0.05, 0.1) is 12.1 Å². The zero-order valence-corrected chi connectivity index (χ0v) is 9.94. The first-order chi connectivity index (χ1) is 7.61. The Hall–Kier alpha value is -1.36. The van der Waals surface area contributed by atoms with Gasteiger partial charge in [-0.3, -0.25) is 4.79 Å². The predicted octanol–water partition coefficient (Wildman–Crippen LogP) is 2.27. The van der Waals surface area contributed by atoms with E-state index < -0.39 is 5.97 Å². The fraction of sp³-hybridized carbons (Fsp3) is 0.273. The number of carbonyl (C=O) groups is 1. The maximum absolute atomic E-state index is 10.7. The summed E-state index contributed by atoms with van der Waals surface area (Å²) in [4.78, 5) is 10.7. The van der Waals surface area contributed by atoms with Gasteiger partial charge < -0.3 is 10.3 Å². The van der Waals surface area contributed by atoms with Gasteiger partial charge in [0.1, 0.15) is 0 Å². The third-order valence-electron chi connectivity index (χ3n) is 2.73. The lowest BCUT2D eigenvalue weighted by Gasteiger charge is -2.05. The van der Waals surface area contributed by atoms with E-state index in [1.165, 1.54) is 0 Å². The molecule has 1 aromatic carbocycles. The number of benzene rings is 1. The molecular formula is C11H10BrNO3. The summed E-state index contributed by atoms with van der Waals surface area (Å²) in [5, 5.41) is 21.0. The molecule has 1 atom stereocenters. The van der Waals surface area contributed by atoms with Crippen LogP contribution in [0, 0.1) is 5.92 Å². The minimum atomic E-state index is -0.877. The average molecular weight is 284 g/mol. The van der Waals surface area contributed by atoms with Crippen molar-refractivity contribution in [2.24, 2.45) is 11.1 Å². The Kier molecular flexibility index (Phi) is 2.96. The van der Waals surface area contributed by atoms with E-state index in [0.29, 0.717) is 12.1 Å². The van der Waals surface area contributed by atoms with Crippen molar-refractivity contribution in [1.29, 1.82) is 0 Å². The summed E-state index contributed by atoms with van der Waals surface area (Å²) in [5.74, 6) is -1.11. The van der Waals surface area contributed by atoms with Gasteiger partial charge in [-0.2, -0.15) is 0 Å². The number of hydrogen-bond donors (Lipinski definition) is 2. The molecule has 1 aliphatic carbocycles.